The molecular weight excluding hydrogens is 416 g/mol. The third-order valence-electron chi connectivity index (χ3n) is 6.72. The fourth-order valence-electron chi connectivity index (χ4n) is 4.99. The highest BCUT2D eigenvalue weighted by Crippen LogP contribution is 2.33. The second-order valence-corrected chi connectivity index (χ2v) is 8.84. The molecule has 33 heavy (non-hydrogen) atoms. The number of urea groups is 2. The second-order valence-electron chi connectivity index (χ2n) is 8.84. The van der Waals surface area contributed by atoms with Crippen molar-refractivity contribution < 1.29 is 9.59 Å². The van der Waals surface area contributed by atoms with Gasteiger partial charge >= 0.3 is 12.1 Å². The molecule has 4 N–H and O–H groups in total. The first kappa shape index (κ1) is 21.2. The first-order chi connectivity index (χ1) is 16.1. The number of nitrogens with one attached hydrogen (secondary N) is 4. The van der Waals surface area contributed by atoms with Gasteiger partial charge in [-0.05, 0) is 74.6 Å². The van der Waals surface area contributed by atoms with E-state index in [1.54, 1.807) is 0 Å². The van der Waals surface area contributed by atoms with Crippen LogP contribution in [0.3, 0.4) is 0 Å². The molecule has 3 aromatic rings. The number of hydrogen-bond acceptors (Lipinski definition) is 2. The van der Waals surface area contributed by atoms with E-state index in [2.05, 4.69) is 20.6 Å². The molecule has 2 saturated heterocycles. The number of aryl methyl sites for hydroxylation is 1. The number of likely N-dealkylation sites (tertiary alicyclic amines) is 2. The number of rotatable bonds is 4. The Bertz CT molecular complexity index is 1110. The van der Waals surface area contributed by atoms with Crippen LogP contribution >= 0.6 is 0 Å². The maximum atomic E-state index is 13.1. The Hall–Kier alpha value is -3.68. The molecule has 8 nitrogen and oxygen atoms in total. The molecule has 2 atom stereocenters. The maximum absolute atomic E-state index is 13.1. The summed E-state index contributed by atoms with van der Waals surface area (Å²) in [6.07, 6.45) is 7.62. The zero-order valence-corrected chi connectivity index (χ0v) is 18.8. The smallest absolute Gasteiger partial charge is 0.322 e. The Balaban J connectivity index is 1.27. The molecule has 2 aliphatic rings. The number of amides is 4. The molecule has 0 radical (unpaired) electrons. The first-order valence-corrected chi connectivity index (χ1v) is 11.6. The molecular formula is C25H30N6O2. The van der Waals surface area contributed by atoms with Crippen LogP contribution in [0.15, 0.2) is 54.9 Å². The van der Waals surface area contributed by atoms with E-state index in [9.17, 15) is 9.59 Å². The van der Waals surface area contributed by atoms with Crippen molar-refractivity contribution in [3.05, 3.63) is 71.8 Å². The predicted octanol–water partition coefficient (Wildman–Crippen LogP) is 5.39. The summed E-state index contributed by atoms with van der Waals surface area (Å²) in [5, 5.41) is 6.08. The Morgan fingerprint density at radius 1 is 0.848 bits per heavy atom. The molecule has 0 saturated carbocycles. The van der Waals surface area contributed by atoms with Crippen LogP contribution in [-0.4, -0.2) is 44.9 Å². The third kappa shape index (κ3) is 4.33. The lowest BCUT2D eigenvalue weighted by Crippen LogP contribution is -2.35. The summed E-state index contributed by atoms with van der Waals surface area (Å²) in [5.74, 6) is 0. The average Bonchev–Trinajstić information content (AvgIpc) is 3.62. The Kier molecular flexibility index (Phi) is 5.81. The van der Waals surface area contributed by atoms with Crippen molar-refractivity contribution in [2.75, 3.05) is 23.7 Å². The number of anilines is 2. The van der Waals surface area contributed by atoms with E-state index in [1.165, 1.54) is 0 Å². The van der Waals surface area contributed by atoms with Gasteiger partial charge in [0.2, 0.25) is 0 Å². The summed E-state index contributed by atoms with van der Waals surface area (Å²) >= 11 is 0. The second kappa shape index (κ2) is 9.05. The predicted molar refractivity (Wildman–Crippen MR) is 128 cm³/mol. The van der Waals surface area contributed by atoms with Gasteiger partial charge in [-0.25, -0.2) is 9.59 Å². The SMILES string of the molecule is Cc1ccc(NC(=O)N2CCCC2c2ccc[nH]2)cc1NC(=O)N1CCCC1c1ccc[nH]1. The number of hydrogen-bond donors (Lipinski definition) is 4. The van der Waals surface area contributed by atoms with E-state index in [0.29, 0.717) is 11.4 Å². The topological polar surface area (TPSA) is 96.3 Å². The minimum Gasteiger partial charge on any atom is -0.363 e. The van der Waals surface area contributed by atoms with E-state index in [4.69, 9.17) is 0 Å². The van der Waals surface area contributed by atoms with Gasteiger partial charge in [0.15, 0.2) is 0 Å². The number of benzene rings is 1. The van der Waals surface area contributed by atoms with Crippen LogP contribution in [0.4, 0.5) is 21.0 Å². The zero-order chi connectivity index (χ0) is 22.8. The van der Waals surface area contributed by atoms with Crippen LogP contribution in [0, 0.1) is 6.92 Å². The molecule has 172 valence electrons. The lowest BCUT2D eigenvalue weighted by molar-refractivity contribution is 0.205. The van der Waals surface area contributed by atoms with Gasteiger partial charge in [0.1, 0.15) is 0 Å². The van der Waals surface area contributed by atoms with Gasteiger partial charge in [-0.3, -0.25) is 0 Å². The molecule has 2 fully saturated rings. The third-order valence-corrected chi connectivity index (χ3v) is 6.72. The molecule has 4 amide bonds. The summed E-state index contributed by atoms with van der Waals surface area (Å²) in [6, 6.07) is 13.5. The van der Waals surface area contributed by atoms with Crippen LogP contribution in [0.2, 0.25) is 0 Å². The van der Waals surface area contributed by atoms with E-state index in [1.807, 2.05) is 71.6 Å². The van der Waals surface area contributed by atoms with Gasteiger partial charge in [0.05, 0.1) is 12.1 Å². The Morgan fingerprint density at radius 2 is 1.42 bits per heavy atom. The lowest BCUT2D eigenvalue weighted by Gasteiger charge is -2.26. The zero-order valence-electron chi connectivity index (χ0n) is 18.8. The van der Waals surface area contributed by atoms with E-state index in [0.717, 1.165) is 55.7 Å². The first-order valence-electron chi connectivity index (χ1n) is 11.6. The number of aromatic amines is 2. The van der Waals surface area contributed by atoms with Gasteiger partial charge in [0.25, 0.3) is 0 Å². The van der Waals surface area contributed by atoms with Crippen molar-refractivity contribution in [3.8, 4) is 0 Å². The summed E-state index contributed by atoms with van der Waals surface area (Å²) in [6.45, 7) is 3.40. The number of nitrogens with zero attached hydrogens (tertiary/aromatic N) is 2. The fourth-order valence-corrected chi connectivity index (χ4v) is 4.99. The molecule has 8 heteroatoms. The highest BCUT2D eigenvalue weighted by atomic mass is 16.2. The molecule has 0 aliphatic carbocycles. The normalized spacial score (nSPS) is 20.3. The minimum atomic E-state index is -0.125. The van der Waals surface area contributed by atoms with Crippen LogP contribution in [0.5, 0.6) is 0 Å². The van der Waals surface area contributed by atoms with Gasteiger partial charge < -0.3 is 30.4 Å². The van der Waals surface area contributed by atoms with Gasteiger partial charge in [-0.1, -0.05) is 6.07 Å². The van der Waals surface area contributed by atoms with Crippen LogP contribution < -0.4 is 10.6 Å². The molecule has 2 aliphatic heterocycles. The number of carbonyl (C=O) groups is 2. The molecule has 4 heterocycles. The molecule has 0 bridgehead atoms. The van der Waals surface area contributed by atoms with Gasteiger partial charge in [0, 0.05) is 48.2 Å². The maximum Gasteiger partial charge on any atom is 0.322 e. The average molecular weight is 447 g/mol. The van der Waals surface area contributed by atoms with E-state index < -0.39 is 0 Å². The van der Waals surface area contributed by atoms with Crippen molar-refractivity contribution >= 4 is 23.4 Å². The highest BCUT2D eigenvalue weighted by molar-refractivity contribution is 5.94. The van der Waals surface area contributed by atoms with Crippen molar-refractivity contribution in [1.82, 2.24) is 19.8 Å². The quantitative estimate of drug-likeness (QED) is 0.432. The molecule has 1 aromatic carbocycles. The van der Waals surface area contributed by atoms with E-state index in [-0.39, 0.29) is 24.1 Å². The highest BCUT2D eigenvalue weighted by Gasteiger charge is 2.32. The van der Waals surface area contributed by atoms with Crippen molar-refractivity contribution in [2.24, 2.45) is 0 Å². The number of H-pyrrole nitrogens is 2. The molecule has 5 rings (SSSR count). The lowest BCUT2D eigenvalue weighted by atomic mass is 10.1. The van der Waals surface area contributed by atoms with Crippen LogP contribution in [0.25, 0.3) is 0 Å². The summed E-state index contributed by atoms with van der Waals surface area (Å²) < 4.78 is 0. The molecule has 2 aromatic heterocycles. The Morgan fingerprint density at radius 3 is 1.97 bits per heavy atom. The summed E-state index contributed by atoms with van der Waals surface area (Å²) in [5.41, 5.74) is 4.43. The molecule has 2 unspecified atom stereocenters. The van der Waals surface area contributed by atoms with Crippen LogP contribution in [-0.2, 0) is 0 Å². The number of carbonyl (C=O) groups excluding carboxylic acids is 2. The minimum absolute atomic E-state index is 0.0586. The van der Waals surface area contributed by atoms with Gasteiger partial charge in [-0.2, -0.15) is 0 Å². The standard InChI is InChI=1S/C25H30N6O2/c1-17-10-11-18(28-24(32)30-14-4-8-22(30)19-6-2-12-26-19)16-21(17)29-25(33)31-15-5-9-23(31)20-7-3-13-27-20/h2-3,6-7,10-13,16,22-23,26-27H,4-5,8-9,14-15H2,1H3,(H,28,32)(H,29,33). The number of aromatic nitrogens is 2. The van der Waals surface area contributed by atoms with Crippen LogP contribution in [0.1, 0.15) is 54.7 Å². The van der Waals surface area contributed by atoms with Crippen molar-refractivity contribution in [3.63, 3.8) is 0 Å². The van der Waals surface area contributed by atoms with E-state index >= 15 is 0 Å². The monoisotopic (exact) mass is 446 g/mol. The summed E-state index contributed by atoms with van der Waals surface area (Å²) in [7, 11) is 0. The molecule has 0 spiro atoms. The van der Waals surface area contributed by atoms with Gasteiger partial charge in [-0.15, -0.1) is 0 Å². The van der Waals surface area contributed by atoms with Crippen molar-refractivity contribution in [2.45, 2.75) is 44.7 Å². The Labute approximate surface area is 193 Å². The largest absolute Gasteiger partial charge is 0.363 e. The van der Waals surface area contributed by atoms with Crippen molar-refractivity contribution in [1.29, 1.82) is 0 Å². The summed E-state index contributed by atoms with van der Waals surface area (Å²) in [4.78, 5) is 36.3. The fraction of sp³-hybridized carbons (Fsp3) is 0.360.